The minimum atomic E-state index is -0.0690. The van der Waals surface area contributed by atoms with Crippen molar-refractivity contribution in [3.05, 3.63) is 47.8 Å². The Bertz CT molecular complexity index is 1210. The predicted octanol–water partition coefficient (Wildman–Crippen LogP) is 4.07. The van der Waals surface area contributed by atoms with Crippen molar-refractivity contribution in [2.24, 2.45) is 0 Å². The second-order valence-electron chi connectivity index (χ2n) is 9.05. The summed E-state index contributed by atoms with van der Waals surface area (Å²) >= 11 is 0. The molecule has 35 heavy (non-hydrogen) atoms. The monoisotopic (exact) mass is 474 g/mol. The van der Waals surface area contributed by atoms with E-state index >= 15 is 0 Å². The summed E-state index contributed by atoms with van der Waals surface area (Å²) in [7, 11) is 0. The van der Waals surface area contributed by atoms with Crippen LogP contribution in [-0.4, -0.2) is 64.2 Å². The highest BCUT2D eigenvalue weighted by Gasteiger charge is 2.24. The number of carbonyl (C=O) groups excluding carboxylic acids is 1. The summed E-state index contributed by atoms with van der Waals surface area (Å²) in [6.45, 7) is 10.5. The lowest BCUT2D eigenvalue weighted by Crippen LogP contribution is -2.48. The molecular weight excluding hydrogens is 440 g/mol. The van der Waals surface area contributed by atoms with Crippen LogP contribution in [0.1, 0.15) is 51.4 Å². The van der Waals surface area contributed by atoms with Gasteiger partial charge < -0.3 is 25.8 Å². The minimum absolute atomic E-state index is 0.0690. The van der Waals surface area contributed by atoms with Gasteiger partial charge in [0.05, 0.1) is 11.6 Å². The van der Waals surface area contributed by atoms with E-state index in [2.05, 4.69) is 53.4 Å². The molecule has 1 aromatic carbocycles. The van der Waals surface area contributed by atoms with Crippen molar-refractivity contribution in [2.75, 3.05) is 41.7 Å². The van der Waals surface area contributed by atoms with Crippen LogP contribution in [-0.2, 0) is 4.79 Å². The average Bonchev–Trinajstić information content (AvgIpc) is 2.89. The molecule has 0 bridgehead atoms. The van der Waals surface area contributed by atoms with E-state index in [0.29, 0.717) is 43.6 Å². The summed E-state index contributed by atoms with van der Waals surface area (Å²) in [6.07, 6.45) is 4.09. The molecule has 184 valence electrons. The number of para-hydroxylation sites is 1. The maximum absolute atomic E-state index is 11.7. The van der Waals surface area contributed by atoms with Crippen molar-refractivity contribution in [1.82, 2.24) is 19.9 Å². The molecule has 0 spiro atoms. The van der Waals surface area contributed by atoms with E-state index in [1.807, 2.05) is 29.3 Å². The van der Waals surface area contributed by atoms with E-state index < -0.39 is 0 Å². The van der Waals surface area contributed by atoms with Crippen LogP contribution < -0.4 is 15.5 Å². The number of fused-ring (bicyclic) bond motifs is 1. The number of nitrogens with zero attached hydrogens (tertiary/aromatic N) is 5. The summed E-state index contributed by atoms with van der Waals surface area (Å²) in [5.74, 6) is 1.30. The largest absolute Gasteiger partial charge is 0.378 e. The van der Waals surface area contributed by atoms with Gasteiger partial charge in [0.15, 0.2) is 5.82 Å². The summed E-state index contributed by atoms with van der Waals surface area (Å²) in [5.41, 5.74) is 3.27. The van der Waals surface area contributed by atoms with Crippen LogP contribution in [0.15, 0.2) is 36.5 Å². The molecule has 3 heterocycles. The number of amides is 1. The van der Waals surface area contributed by atoms with Crippen LogP contribution in [0.5, 0.6) is 0 Å². The van der Waals surface area contributed by atoms with Crippen molar-refractivity contribution in [3.63, 3.8) is 0 Å². The normalized spacial score (nSPS) is 15.5. The lowest BCUT2D eigenvalue weighted by Gasteiger charge is -2.34. The zero-order valence-electron chi connectivity index (χ0n) is 20.9. The molecule has 0 saturated carbocycles. The number of hydrogen-bond donors (Lipinski definition) is 3. The third-order valence-corrected chi connectivity index (χ3v) is 6.54. The SMILES string of the molecule is CCC(C)Nc1c(C=N)nc(N2CCN(C(C)=O)CC2)nc1NC(C)c1cnc2ccccc2c1. The van der Waals surface area contributed by atoms with Gasteiger partial charge in [0.1, 0.15) is 11.4 Å². The van der Waals surface area contributed by atoms with Crippen LogP contribution in [0.4, 0.5) is 17.5 Å². The Labute approximate surface area is 206 Å². The van der Waals surface area contributed by atoms with Gasteiger partial charge in [0.2, 0.25) is 11.9 Å². The van der Waals surface area contributed by atoms with Gasteiger partial charge in [-0.3, -0.25) is 9.78 Å². The Hall–Kier alpha value is -3.75. The summed E-state index contributed by atoms with van der Waals surface area (Å²) in [4.78, 5) is 29.9. The number of aromatic nitrogens is 3. The zero-order chi connectivity index (χ0) is 24.9. The lowest BCUT2D eigenvalue weighted by atomic mass is 10.1. The maximum Gasteiger partial charge on any atom is 0.228 e. The van der Waals surface area contributed by atoms with Gasteiger partial charge in [-0.15, -0.1) is 0 Å². The molecule has 1 aliphatic heterocycles. The molecule has 9 heteroatoms. The average molecular weight is 475 g/mol. The molecular formula is C26H34N8O. The van der Waals surface area contributed by atoms with Gasteiger partial charge in [-0.2, -0.15) is 4.98 Å². The maximum atomic E-state index is 11.7. The van der Waals surface area contributed by atoms with E-state index in [4.69, 9.17) is 15.4 Å². The van der Waals surface area contributed by atoms with E-state index in [1.165, 1.54) is 6.21 Å². The number of pyridine rings is 1. The fourth-order valence-corrected chi connectivity index (χ4v) is 4.14. The summed E-state index contributed by atoms with van der Waals surface area (Å²) < 4.78 is 0. The first-order valence-corrected chi connectivity index (χ1v) is 12.2. The van der Waals surface area contributed by atoms with Crippen molar-refractivity contribution in [3.8, 4) is 0 Å². The van der Waals surface area contributed by atoms with Crippen molar-refractivity contribution in [1.29, 1.82) is 5.41 Å². The fraction of sp³-hybridized carbons (Fsp3) is 0.423. The van der Waals surface area contributed by atoms with Crippen LogP contribution in [0.25, 0.3) is 10.9 Å². The molecule has 0 radical (unpaired) electrons. The molecule has 2 unspecified atom stereocenters. The molecule has 1 aliphatic rings. The molecule has 1 amide bonds. The molecule has 1 saturated heterocycles. The number of piperazine rings is 1. The highest BCUT2D eigenvalue weighted by atomic mass is 16.2. The van der Waals surface area contributed by atoms with Gasteiger partial charge in [-0.1, -0.05) is 25.1 Å². The van der Waals surface area contributed by atoms with E-state index in [-0.39, 0.29) is 18.0 Å². The Kier molecular flexibility index (Phi) is 7.43. The van der Waals surface area contributed by atoms with Gasteiger partial charge in [-0.25, -0.2) is 4.98 Å². The molecule has 9 nitrogen and oxygen atoms in total. The van der Waals surface area contributed by atoms with Crippen LogP contribution in [0.3, 0.4) is 0 Å². The lowest BCUT2D eigenvalue weighted by molar-refractivity contribution is -0.129. The number of carbonyl (C=O) groups is 1. The molecule has 2 atom stereocenters. The molecule has 3 N–H and O–H groups in total. The Balaban J connectivity index is 1.67. The van der Waals surface area contributed by atoms with Crippen molar-refractivity contribution in [2.45, 2.75) is 46.2 Å². The van der Waals surface area contributed by atoms with Gasteiger partial charge in [0.25, 0.3) is 0 Å². The molecule has 2 aromatic heterocycles. The van der Waals surface area contributed by atoms with Gasteiger partial charge in [-0.05, 0) is 38.0 Å². The number of anilines is 3. The number of rotatable bonds is 8. The van der Waals surface area contributed by atoms with Crippen molar-refractivity contribution < 1.29 is 4.79 Å². The Morgan fingerprint density at radius 3 is 2.57 bits per heavy atom. The smallest absolute Gasteiger partial charge is 0.228 e. The first kappa shape index (κ1) is 24.4. The molecule has 1 fully saturated rings. The molecule has 3 aromatic rings. The standard InChI is InChI=1S/C26H34N8O/c1-5-17(2)29-24-23(15-27)31-26(34-12-10-33(11-13-34)19(4)35)32-25(24)30-18(3)21-14-20-8-6-7-9-22(20)28-16-21/h6-9,14-18,27,29H,5,10-13H2,1-4H3,(H,30,31,32). The third kappa shape index (κ3) is 5.50. The Morgan fingerprint density at radius 2 is 1.89 bits per heavy atom. The van der Waals surface area contributed by atoms with Crippen LogP contribution in [0.2, 0.25) is 0 Å². The van der Waals surface area contributed by atoms with Gasteiger partial charge in [0, 0.05) is 56.9 Å². The number of nitrogens with one attached hydrogen (secondary N) is 3. The quantitative estimate of drug-likeness (QED) is 0.422. The van der Waals surface area contributed by atoms with Crippen molar-refractivity contribution >= 4 is 40.5 Å². The Morgan fingerprint density at radius 1 is 1.14 bits per heavy atom. The topological polar surface area (TPSA) is 110 Å². The zero-order valence-corrected chi connectivity index (χ0v) is 20.9. The highest BCUT2D eigenvalue weighted by molar-refractivity contribution is 5.89. The summed E-state index contributed by atoms with van der Waals surface area (Å²) in [5, 5.41) is 16.2. The highest BCUT2D eigenvalue weighted by Crippen LogP contribution is 2.30. The number of benzene rings is 1. The van der Waals surface area contributed by atoms with Crippen LogP contribution >= 0.6 is 0 Å². The predicted molar refractivity (Wildman–Crippen MR) is 142 cm³/mol. The van der Waals surface area contributed by atoms with E-state index in [1.54, 1.807) is 6.92 Å². The summed E-state index contributed by atoms with van der Waals surface area (Å²) in [6, 6.07) is 10.3. The second-order valence-corrected chi connectivity index (χ2v) is 9.05. The van der Waals surface area contributed by atoms with E-state index in [0.717, 1.165) is 28.6 Å². The third-order valence-electron chi connectivity index (χ3n) is 6.54. The second kappa shape index (κ2) is 10.7. The number of hydrogen-bond acceptors (Lipinski definition) is 8. The minimum Gasteiger partial charge on any atom is -0.378 e. The van der Waals surface area contributed by atoms with Crippen LogP contribution in [0, 0.1) is 5.41 Å². The first-order valence-electron chi connectivity index (χ1n) is 12.2. The molecule has 0 aliphatic carbocycles. The first-order chi connectivity index (χ1) is 16.9. The van der Waals surface area contributed by atoms with Gasteiger partial charge >= 0.3 is 0 Å². The fourth-order valence-electron chi connectivity index (χ4n) is 4.14. The molecule has 4 rings (SSSR count). The van der Waals surface area contributed by atoms with E-state index in [9.17, 15) is 4.79 Å².